The van der Waals surface area contributed by atoms with Gasteiger partial charge in [-0.1, -0.05) is 54.1 Å². The third kappa shape index (κ3) is 5.63. The van der Waals surface area contributed by atoms with Crippen molar-refractivity contribution in [3.05, 3.63) is 107 Å². The van der Waals surface area contributed by atoms with Crippen LogP contribution in [-0.2, 0) is 4.79 Å². The number of hydrogen-bond donors (Lipinski definition) is 2. The molecule has 1 aromatic heterocycles. The van der Waals surface area contributed by atoms with Gasteiger partial charge >= 0.3 is 0 Å². The summed E-state index contributed by atoms with van der Waals surface area (Å²) < 4.78 is 0. The second-order valence-electron chi connectivity index (χ2n) is 7.08. The minimum Gasteiger partial charge on any atom is -0.322 e. The summed E-state index contributed by atoms with van der Waals surface area (Å²) in [6.07, 6.45) is 1.66. The monoisotopic (exact) mass is 459 g/mol. The van der Waals surface area contributed by atoms with Gasteiger partial charge < -0.3 is 10.6 Å². The van der Waals surface area contributed by atoms with Crippen LogP contribution in [0.1, 0.15) is 26.7 Å². The van der Waals surface area contributed by atoms with E-state index >= 15 is 0 Å². The fourth-order valence-electron chi connectivity index (χ4n) is 3.05. The van der Waals surface area contributed by atoms with Gasteiger partial charge in [0.1, 0.15) is 5.25 Å². The number of hydrogen-bond acceptors (Lipinski definition) is 5. The number of benzene rings is 3. The molecule has 0 radical (unpaired) electrons. The molecule has 0 aliphatic heterocycles. The third-order valence-electron chi connectivity index (χ3n) is 4.66. The molecule has 2 amide bonds. The first-order valence-corrected chi connectivity index (χ1v) is 11.7. The smallest absolute Gasteiger partial charge is 0.255 e. The van der Waals surface area contributed by atoms with Gasteiger partial charge in [0.15, 0.2) is 5.13 Å². The second kappa shape index (κ2) is 10.3. The Morgan fingerprint density at radius 1 is 0.938 bits per heavy atom. The highest BCUT2D eigenvalue weighted by Crippen LogP contribution is 2.37. The predicted molar refractivity (Wildman–Crippen MR) is 131 cm³/mol. The van der Waals surface area contributed by atoms with E-state index in [1.54, 1.807) is 18.3 Å². The van der Waals surface area contributed by atoms with Crippen LogP contribution in [0.5, 0.6) is 0 Å². The van der Waals surface area contributed by atoms with Crippen LogP contribution < -0.4 is 10.6 Å². The van der Waals surface area contributed by atoms with Crippen molar-refractivity contribution in [2.24, 2.45) is 0 Å². The van der Waals surface area contributed by atoms with E-state index in [1.807, 2.05) is 79.0 Å². The van der Waals surface area contributed by atoms with Gasteiger partial charge in [-0.3, -0.25) is 9.59 Å². The lowest BCUT2D eigenvalue weighted by Gasteiger charge is -2.17. The van der Waals surface area contributed by atoms with Crippen molar-refractivity contribution < 1.29 is 9.59 Å². The Morgan fingerprint density at radius 3 is 2.44 bits per heavy atom. The van der Waals surface area contributed by atoms with Crippen LogP contribution in [0, 0.1) is 6.92 Å². The first-order valence-electron chi connectivity index (χ1n) is 9.98. The highest BCUT2D eigenvalue weighted by atomic mass is 32.2. The summed E-state index contributed by atoms with van der Waals surface area (Å²) in [4.78, 5) is 30.7. The predicted octanol–water partition coefficient (Wildman–Crippen LogP) is 6.18. The Labute approximate surface area is 194 Å². The van der Waals surface area contributed by atoms with E-state index in [9.17, 15) is 9.59 Å². The number of carbonyl (C=O) groups is 2. The van der Waals surface area contributed by atoms with E-state index in [0.29, 0.717) is 16.4 Å². The number of nitrogens with one attached hydrogen (secondary N) is 2. The van der Waals surface area contributed by atoms with Crippen LogP contribution in [0.25, 0.3) is 0 Å². The Balaban J connectivity index is 1.52. The standard InChI is InChI=1S/C25H21N3O2S2/c1-17-10-12-19(13-11-17)23(29)27-20-8-5-9-21(16-20)32-22(18-6-3-2-4-7-18)24(30)28-25-26-14-15-31-25/h2-16,22H,1H3,(H,27,29)(H,26,28,30). The summed E-state index contributed by atoms with van der Waals surface area (Å²) in [5.41, 5.74) is 3.26. The Bertz CT molecular complexity index is 1190. The molecule has 3 aromatic carbocycles. The summed E-state index contributed by atoms with van der Waals surface area (Å²) >= 11 is 2.80. The molecule has 0 aliphatic carbocycles. The van der Waals surface area contributed by atoms with Crippen molar-refractivity contribution >= 4 is 45.7 Å². The average Bonchev–Trinajstić information content (AvgIpc) is 3.31. The Morgan fingerprint density at radius 2 is 1.72 bits per heavy atom. The number of thiazole rings is 1. The highest BCUT2D eigenvalue weighted by molar-refractivity contribution is 8.00. The number of nitrogens with zero attached hydrogens (tertiary/aromatic N) is 1. The van der Waals surface area contributed by atoms with Crippen molar-refractivity contribution in [1.82, 2.24) is 4.98 Å². The summed E-state index contributed by atoms with van der Waals surface area (Å²) in [5.74, 6) is -0.321. The van der Waals surface area contributed by atoms with Crippen molar-refractivity contribution in [3.8, 4) is 0 Å². The van der Waals surface area contributed by atoms with Gasteiger partial charge in [-0.05, 0) is 42.8 Å². The van der Waals surface area contributed by atoms with Crippen LogP contribution in [0.3, 0.4) is 0 Å². The number of amides is 2. The molecule has 160 valence electrons. The van der Waals surface area contributed by atoms with Gasteiger partial charge in [-0.15, -0.1) is 23.1 Å². The molecule has 0 bridgehead atoms. The molecule has 0 saturated carbocycles. The van der Waals surface area contributed by atoms with E-state index in [-0.39, 0.29) is 11.8 Å². The van der Waals surface area contributed by atoms with Crippen molar-refractivity contribution in [3.63, 3.8) is 0 Å². The third-order valence-corrected chi connectivity index (χ3v) is 6.60. The first kappa shape index (κ1) is 21.8. The van der Waals surface area contributed by atoms with E-state index in [1.165, 1.54) is 23.1 Å². The molecule has 5 nitrogen and oxygen atoms in total. The fourth-order valence-corrected chi connectivity index (χ4v) is 4.66. The van der Waals surface area contributed by atoms with Gasteiger partial charge in [-0.2, -0.15) is 0 Å². The molecule has 2 N–H and O–H groups in total. The maximum atomic E-state index is 13.1. The number of thioether (sulfide) groups is 1. The molecule has 0 saturated heterocycles. The largest absolute Gasteiger partial charge is 0.322 e. The van der Waals surface area contributed by atoms with E-state index in [4.69, 9.17) is 0 Å². The fraction of sp³-hybridized carbons (Fsp3) is 0.0800. The zero-order chi connectivity index (χ0) is 22.3. The second-order valence-corrected chi connectivity index (χ2v) is 9.16. The van der Waals surface area contributed by atoms with E-state index < -0.39 is 5.25 Å². The molecule has 32 heavy (non-hydrogen) atoms. The SMILES string of the molecule is Cc1ccc(C(=O)Nc2cccc(SC(C(=O)Nc3nccs3)c3ccccc3)c2)cc1. The Kier molecular flexibility index (Phi) is 6.99. The van der Waals surface area contributed by atoms with Gasteiger partial charge in [0, 0.05) is 27.7 Å². The molecule has 1 unspecified atom stereocenters. The van der Waals surface area contributed by atoms with Crippen molar-refractivity contribution in [2.45, 2.75) is 17.1 Å². The van der Waals surface area contributed by atoms with Crippen LogP contribution >= 0.6 is 23.1 Å². The first-order chi connectivity index (χ1) is 15.6. The summed E-state index contributed by atoms with van der Waals surface area (Å²) in [6.45, 7) is 1.98. The van der Waals surface area contributed by atoms with Gasteiger partial charge in [-0.25, -0.2) is 4.98 Å². The molecule has 4 rings (SSSR count). The number of aryl methyl sites for hydroxylation is 1. The zero-order valence-electron chi connectivity index (χ0n) is 17.3. The molecule has 1 atom stereocenters. The number of rotatable bonds is 7. The topological polar surface area (TPSA) is 71.1 Å². The normalized spacial score (nSPS) is 11.5. The summed E-state index contributed by atoms with van der Waals surface area (Å²) in [5, 5.41) is 7.74. The van der Waals surface area contributed by atoms with Crippen LogP contribution in [0.15, 0.2) is 95.3 Å². The summed E-state index contributed by atoms with van der Waals surface area (Å²) in [7, 11) is 0. The minimum absolute atomic E-state index is 0.148. The van der Waals surface area contributed by atoms with Gasteiger partial charge in [0.05, 0.1) is 0 Å². The van der Waals surface area contributed by atoms with Crippen molar-refractivity contribution in [2.75, 3.05) is 10.6 Å². The van der Waals surface area contributed by atoms with Crippen molar-refractivity contribution in [1.29, 1.82) is 0 Å². The van der Waals surface area contributed by atoms with E-state index in [2.05, 4.69) is 15.6 Å². The van der Waals surface area contributed by atoms with Crippen LogP contribution in [0.2, 0.25) is 0 Å². The average molecular weight is 460 g/mol. The number of carbonyl (C=O) groups excluding carboxylic acids is 2. The quantitative estimate of drug-likeness (QED) is 0.324. The molecule has 0 aliphatic rings. The maximum absolute atomic E-state index is 13.1. The number of aromatic nitrogens is 1. The molecule has 0 fully saturated rings. The van der Waals surface area contributed by atoms with Gasteiger partial charge in [0.2, 0.25) is 5.91 Å². The van der Waals surface area contributed by atoms with E-state index in [0.717, 1.165) is 16.0 Å². The molecule has 4 aromatic rings. The minimum atomic E-state index is -0.469. The van der Waals surface area contributed by atoms with Crippen LogP contribution in [-0.4, -0.2) is 16.8 Å². The molecular formula is C25H21N3O2S2. The molecular weight excluding hydrogens is 438 g/mol. The highest BCUT2D eigenvalue weighted by Gasteiger charge is 2.23. The van der Waals surface area contributed by atoms with Gasteiger partial charge in [0.25, 0.3) is 5.91 Å². The number of anilines is 2. The lowest BCUT2D eigenvalue weighted by atomic mass is 10.1. The van der Waals surface area contributed by atoms with Crippen LogP contribution in [0.4, 0.5) is 10.8 Å². The summed E-state index contributed by atoms with van der Waals surface area (Å²) in [6, 6.07) is 24.6. The molecule has 0 spiro atoms. The Hall–Kier alpha value is -3.42. The molecule has 1 heterocycles. The lowest BCUT2D eigenvalue weighted by Crippen LogP contribution is -2.19. The lowest BCUT2D eigenvalue weighted by molar-refractivity contribution is -0.115. The maximum Gasteiger partial charge on any atom is 0.255 e. The molecule has 7 heteroatoms. The zero-order valence-corrected chi connectivity index (χ0v) is 19.0.